The van der Waals surface area contributed by atoms with Crippen LogP contribution in [0.2, 0.25) is 15.1 Å². The molecular weight excluding hydrogens is 462 g/mol. The van der Waals surface area contributed by atoms with Gasteiger partial charge in [-0.1, -0.05) is 53.0 Å². The number of rotatable bonds is 6. The highest BCUT2D eigenvalue weighted by Crippen LogP contribution is 2.35. The summed E-state index contributed by atoms with van der Waals surface area (Å²) in [5.74, 6) is -0.876. The van der Waals surface area contributed by atoms with Crippen LogP contribution in [0.1, 0.15) is 11.1 Å². The zero-order chi connectivity index (χ0) is 22.4. The van der Waals surface area contributed by atoms with Crippen LogP contribution in [0.15, 0.2) is 66.2 Å². The molecule has 31 heavy (non-hydrogen) atoms. The highest BCUT2D eigenvalue weighted by Gasteiger charge is 2.15. The minimum absolute atomic E-state index is 0.117. The van der Waals surface area contributed by atoms with E-state index < -0.39 is 11.7 Å². The predicted molar refractivity (Wildman–Crippen MR) is 121 cm³/mol. The summed E-state index contributed by atoms with van der Waals surface area (Å²) in [7, 11) is 0. The number of carbonyl (C=O) groups is 1. The van der Waals surface area contributed by atoms with Gasteiger partial charge in [-0.05, 0) is 48.5 Å². The first-order chi connectivity index (χ1) is 14.9. The van der Waals surface area contributed by atoms with E-state index in [0.29, 0.717) is 21.3 Å². The molecule has 1 N–H and O–H groups in total. The molecule has 0 aromatic heterocycles. The standard InChI is InChI=1S/C23H14Cl3FN2O2/c24-17-10-15(9-16(12-28)23(30)29-19-7-5-18(27)6-8-19)22(21(26)11-17)31-13-14-3-1-2-4-20(14)25/h1-11H,13H2,(H,29,30)/b16-9+. The van der Waals surface area contributed by atoms with Crippen LogP contribution in [0.5, 0.6) is 5.75 Å². The molecule has 0 radical (unpaired) electrons. The molecule has 0 heterocycles. The monoisotopic (exact) mass is 474 g/mol. The molecule has 8 heteroatoms. The largest absolute Gasteiger partial charge is 0.487 e. The molecule has 1 amide bonds. The first-order valence-electron chi connectivity index (χ1n) is 8.91. The lowest BCUT2D eigenvalue weighted by molar-refractivity contribution is -0.112. The van der Waals surface area contributed by atoms with Gasteiger partial charge in [0.1, 0.15) is 29.8 Å². The molecule has 3 aromatic carbocycles. The number of halogens is 4. The normalized spacial score (nSPS) is 11.0. The third kappa shape index (κ3) is 5.99. The van der Waals surface area contributed by atoms with E-state index in [4.69, 9.17) is 39.5 Å². The van der Waals surface area contributed by atoms with Crippen molar-refractivity contribution in [3.8, 4) is 11.8 Å². The van der Waals surface area contributed by atoms with Gasteiger partial charge in [0.05, 0.1) is 5.02 Å². The van der Waals surface area contributed by atoms with Crippen molar-refractivity contribution in [3.63, 3.8) is 0 Å². The maximum atomic E-state index is 13.1. The van der Waals surface area contributed by atoms with Gasteiger partial charge in [-0.2, -0.15) is 5.26 Å². The van der Waals surface area contributed by atoms with Crippen molar-refractivity contribution in [2.75, 3.05) is 5.32 Å². The van der Waals surface area contributed by atoms with Crippen LogP contribution in [-0.4, -0.2) is 5.91 Å². The smallest absolute Gasteiger partial charge is 0.266 e. The molecular formula is C23H14Cl3FN2O2. The summed E-state index contributed by atoms with van der Waals surface area (Å²) < 4.78 is 18.9. The highest BCUT2D eigenvalue weighted by molar-refractivity contribution is 6.36. The lowest BCUT2D eigenvalue weighted by Crippen LogP contribution is -2.13. The molecule has 0 fully saturated rings. The van der Waals surface area contributed by atoms with Crippen LogP contribution in [0.3, 0.4) is 0 Å². The van der Waals surface area contributed by atoms with Gasteiger partial charge < -0.3 is 10.1 Å². The summed E-state index contributed by atoms with van der Waals surface area (Å²) in [5, 5.41) is 13.1. The third-order valence-electron chi connectivity index (χ3n) is 4.13. The Kier molecular flexibility index (Phi) is 7.54. The average Bonchev–Trinajstić information content (AvgIpc) is 2.74. The molecule has 3 aromatic rings. The Hall–Kier alpha value is -3.04. The van der Waals surface area contributed by atoms with E-state index >= 15 is 0 Å². The summed E-state index contributed by atoms with van der Waals surface area (Å²) in [5.41, 5.74) is 1.20. The summed E-state index contributed by atoms with van der Waals surface area (Å²) in [4.78, 5) is 12.5. The van der Waals surface area contributed by atoms with Crippen LogP contribution in [0.25, 0.3) is 6.08 Å². The van der Waals surface area contributed by atoms with Crippen LogP contribution in [0, 0.1) is 17.1 Å². The molecule has 4 nitrogen and oxygen atoms in total. The fraction of sp³-hybridized carbons (Fsp3) is 0.0435. The SMILES string of the molecule is N#C/C(=C\c1cc(Cl)cc(Cl)c1OCc1ccccc1Cl)C(=O)Nc1ccc(F)cc1. The van der Waals surface area contributed by atoms with Gasteiger partial charge in [0.2, 0.25) is 0 Å². The molecule has 156 valence electrons. The topological polar surface area (TPSA) is 62.1 Å². The number of hydrogen-bond acceptors (Lipinski definition) is 3. The van der Waals surface area contributed by atoms with Crippen molar-refractivity contribution in [2.24, 2.45) is 0 Å². The molecule has 0 saturated carbocycles. The van der Waals surface area contributed by atoms with E-state index in [2.05, 4.69) is 5.32 Å². The fourth-order valence-corrected chi connectivity index (χ4v) is 3.39. The maximum Gasteiger partial charge on any atom is 0.266 e. The van der Waals surface area contributed by atoms with Gasteiger partial charge in [0.25, 0.3) is 5.91 Å². The molecule has 0 spiro atoms. The third-order valence-corrected chi connectivity index (χ3v) is 5.00. The Morgan fingerprint density at radius 3 is 2.45 bits per heavy atom. The predicted octanol–water partition coefficient (Wildman–Crippen LogP) is 6.91. The number of benzene rings is 3. The van der Waals surface area contributed by atoms with Gasteiger partial charge in [-0.15, -0.1) is 0 Å². The highest BCUT2D eigenvalue weighted by atomic mass is 35.5. The van der Waals surface area contributed by atoms with Crippen LogP contribution in [-0.2, 0) is 11.4 Å². The van der Waals surface area contributed by atoms with Crippen molar-refractivity contribution in [2.45, 2.75) is 6.61 Å². The zero-order valence-corrected chi connectivity index (χ0v) is 18.1. The van der Waals surface area contributed by atoms with E-state index in [1.807, 2.05) is 12.1 Å². The summed E-state index contributed by atoms with van der Waals surface area (Å²) in [6.45, 7) is 0.117. The van der Waals surface area contributed by atoms with Crippen molar-refractivity contribution in [1.29, 1.82) is 5.26 Å². The lowest BCUT2D eigenvalue weighted by Gasteiger charge is -2.13. The van der Waals surface area contributed by atoms with Crippen molar-refractivity contribution >= 4 is 52.5 Å². The molecule has 0 unspecified atom stereocenters. The quantitative estimate of drug-likeness (QED) is 0.311. The van der Waals surface area contributed by atoms with Gasteiger partial charge in [0, 0.05) is 26.9 Å². The van der Waals surface area contributed by atoms with Crippen molar-refractivity contribution < 1.29 is 13.9 Å². The molecule has 0 bridgehead atoms. The summed E-state index contributed by atoms with van der Waals surface area (Å²) in [6.07, 6.45) is 1.32. The van der Waals surface area contributed by atoms with Gasteiger partial charge in [-0.25, -0.2) is 4.39 Å². The number of anilines is 1. The van der Waals surface area contributed by atoms with Gasteiger partial charge >= 0.3 is 0 Å². The molecule has 3 rings (SSSR count). The van der Waals surface area contributed by atoms with Gasteiger partial charge in [-0.3, -0.25) is 4.79 Å². The van der Waals surface area contributed by atoms with Crippen LogP contribution < -0.4 is 10.1 Å². The molecule has 0 aliphatic rings. The second-order valence-corrected chi connectivity index (χ2v) is 7.57. The molecule has 0 atom stereocenters. The Bertz CT molecular complexity index is 1190. The number of amides is 1. The van der Waals surface area contributed by atoms with Crippen molar-refractivity contribution in [1.82, 2.24) is 0 Å². The average molecular weight is 476 g/mol. The Morgan fingerprint density at radius 2 is 1.77 bits per heavy atom. The van der Waals surface area contributed by atoms with Crippen LogP contribution >= 0.6 is 34.8 Å². The van der Waals surface area contributed by atoms with E-state index in [1.165, 1.54) is 42.5 Å². The summed E-state index contributed by atoms with van der Waals surface area (Å²) in [6, 6.07) is 17.2. The van der Waals surface area contributed by atoms with E-state index in [9.17, 15) is 14.4 Å². The Morgan fingerprint density at radius 1 is 1.06 bits per heavy atom. The number of ether oxygens (including phenoxy) is 1. The second-order valence-electron chi connectivity index (χ2n) is 6.32. The zero-order valence-electron chi connectivity index (χ0n) is 15.8. The van der Waals surface area contributed by atoms with Gasteiger partial charge in [0.15, 0.2) is 0 Å². The van der Waals surface area contributed by atoms with E-state index in [0.717, 1.165) is 5.56 Å². The molecule has 0 saturated heterocycles. The van der Waals surface area contributed by atoms with E-state index in [-0.39, 0.29) is 23.0 Å². The Labute approximate surface area is 193 Å². The Balaban J connectivity index is 1.89. The lowest BCUT2D eigenvalue weighted by atomic mass is 10.1. The molecule has 0 aliphatic heterocycles. The number of nitrogens with one attached hydrogen (secondary N) is 1. The molecule has 0 aliphatic carbocycles. The van der Waals surface area contributed by atoms with Crippen LogP contribution in [0.4, 0.5) is 10.1 Å². The van der Waals surface area contributed by atoms with E-state index in [1.54, 1.807) is 18.2 Å². The minimum Gasteiger partial charge on any atom is -0.487 e. The van der Waals surface area contributed by atoms with Crippen molar-refractivity contribution in [3.05, 3.63) is 98.2 Å². The first-order valence-corrected chi connectivity index (χ1v) is 10.0. The summed E-state index contributed by atoms with van der Waals surface area (Å²) >= 11 is 18.6. The number of nitriles is 1. The minimum atomic E-state index is -0.678. The second kappa shape index (κ2) is 10.3. The fourth-order valence-electron chi connectivity index (χ4n) is 2.64. The maximum absolute atomic E-state index is 13.1. The first kappa shape index (κ1) is 22.6. The number of nitrogens with zero attached hydrogens (tertiary/aromatic N) is 1. The number of carbonyl (C=O) groups excluding carboxylic acids is 1. The number of hydrogen-bond donors (Lipinski definition) is 1.